The monoisotopic (exact) mass is 181 g/mol. The average molecular weight is 181 g/mol. The van der Waals surface area contributed by atoms with Gasteiger partial charge >= 0.3 is 0 Å². The van der Waals surface area contributed by atoms with Gasteiger partial charge in [0.15, 0.2) is 5.44 Å². The number of hydrogen-bond donors (Lipinski definition) is 1. The Bertz CT molecular complexity index is 188. The van der Waals surface area contributed by atoms with Gasteiger partial charge in [0.1, 0.15) is 0 Å². The minimum Gasteiger partial charge on any atom is -0.364 e. The first-order valence-corrected chi connectivity index (χ1v) is 5.17. The maximum absolute atomic E-state index is 10.7. The molecular formula is C6H15NO3S. The summed E-state index contributed by atoms with van der Waals surface area (Å²) in [5, 5.41) is 4.88. The van der Waals surface area contributed by atoms with Crippen LogP contribution in [0.2, 0.25) is 0 Å². The third kappa shape index (κ3) is 4.34. The molecular weight excluding hydrogens is 166 g/mol. The highest BCUT2D eigenvalue weighted by atomic mass is 32.2. The fraction of sp³-hybridized carbons (Fsp3) is 1.00. The van der Waals surface area contributed by atoms with Gasteiger partial charge in [-0.1, -0.05) is 19.8 Å². The minimum absolute atomic E-state index is 0.478. The molecule has 0 aromatic rings. The molecule has 11 heavy (non-hydrogen) atoms. The van der Waals surface area contributed by atoms with Gasteiger partial charge in [0, 0.05) is 7.11 Å². The SMILES string of the molecule is CCCCC(OC)S(N)(=O)=O. The van der Waals surface area contributed by atoms with Gasteiger partial charge in [-0.3, -0.25) is 0 Å². The summed E-state index contributed by atoms with van der Waals surface area (Å²) in [6.07, 6.45) is 2.23. The van der Waals surface area contributed by atoms with Crippen molar-refractivity contribution in [1.29, 1.82) is 0 Å². The quantitative estimate of drug-likeness (QED) is 0.669. The Hall–Kier alpha value is -0.130. The van der Waals surface area contributed by atoms with Crippen molar-refractivity contribution < 1.29 is 13.2 Å². The van der Waals surface area contributed by atoms with Crippen LogP contribution < -0.4 is 5.14 Å². The average Bonchev–Trinajstić information content (AvgIpc) is 1.87. The van der Waals surface area contributed by atoms with Crippen LogP contribution in [0, 0.1) is 0 Å². The van der Waals surface area contributed by atoms with Crippen molar-refractivity contribution in [2.75, 3.05) is 7.11 Å². The fourth-order valence-corrected chi connectivity index (χ4v) is 1.55. The maximum atomic E-state index is 10.7. The lowest BCUT2D eigenvalue weighted by Crippen LogP contribution is -2.29. The third-order valence-electron chi connectivity index (χ3n) is 1.42. The molecule has 0 aromatic carbocycles. The Morgan fingerprint density at radius 3 is 2.36 bits per heavy atom. The Morgan fingerprint density at radius 1 is 1.55 bits per heavy atom. The molecule has 0 aliphatic rings. The summed E-state index contributed by atoms with van der Waals surface area (Å²) >= 11 is 0. The number of methoxy groups -OCH3 is 1. The van der Waals surface area contributed by atoms with E-state index in [2.05, 4.69) is 0 Å². The zero-order valence-corrected chi connectivity index (χ0v) is 7.73. The van der Waals surface area contributed by atoms with Gasteiger partial charge in [-0.05, 0) is 6.42 Å². The normalized spacial score (nSPS) is 14.8. The topological polar surface area (TPSA) is 69.4 Å². The molecule has 4 nitrogen and oxygen atoms in total. The molecule has 0 heterocycles. The smallest absolute Gasteiger partial charge is 0.236 e. The number of primary sulfonamides is 1. The molecule has 0 fully saturated rings. The van der Waals surface area contributed by atoms with Gasteiger partial charge in [0.25, 0.3) is 0 Å². The maximum Gasteiger partial charge on any atom is 0.236 e. The Labute approximate surface area is 67.8 Å². The van der Waals surface area contributed by atoms with Gasteiger partial charge in [0.05, 0.1) is 0 Å². The van der Waals surface area contributed by atoms with Gasteiger partial charge in [-0.15, -0.1) is 0 Å². The van der Waals surface area contributed by atoms with Crippen molar-refractivity contribution in [3.8, 4) is 0 Å². The summed E-state index contributed by atoms with van der Waals surface area (Å²) in [6.45, 7) is 1.98. The van der Waals surface area contributed by atoms with Crippen molar-refractivity contribution in [2.45, 2.75) is 31.6 Å². The second-order valence-corrected chi connectivity index (χ2v) is 4.10. The Kier molecular flexibility index (Phi) is 4.63. The Balaban J connectivity index is 3.97. The van der Waals surface area contributed by atoms with Crippen LogP contribution in [0.1, 0.15) is 26.2 Å². The van der Waals surface area contributed by atoms with Crippen LogP contribution in [0.15, 0.2) is 0 Å². The molecule has 1 unspecified atom stereocenters. The van der Waals surface area contributed by atoms with Crippen molar-refractivity contribution in [1.82, 2.24) is 0 Å². The van der Waals surface area contributed by atoms with Crippen molar-refractivity contribution in [3.05, 3.63) is 0 Å². The number of nitrogens with two attached hydrogens (primary N) is 1. The van der Waals surface area contributed by atoms with E-state index >= 15 is 0 Å². The van der Waals surface area contributed by atoms with Crippen LogP contribution in [-0.2, 0) is 14.8 Å². The van der Waals surface area contributed by atoms with E-state index in [-0.39, 0.29) is 0 Å². The summed E-state index contributed by atoms with van der Waals surface area (Å²) in [5.74, 6) is 0. The summed E-state index contributed by atoms with van der Waals surface area (Å²) in [7, 11) is -2.16. The molecule has 0 saturated carbocycles. The lowest BCUT2D eigenvalue weighted by Gasteiger charge is -2.11. The van der Waals surface area contributed by atoms with Gasteiger partial charge in [-0.2, -0.15) is 0 Å². The minimum atomic E-state index is -3.51. The van der Waals surface area contributed by atoms with Crippen molar-refractivity contribution in [2.24, 2.45) is 5.14 Å². The first kappa shape index (κ1) is 10.9. The molecule has 0 bridgehead atoms. The second-order valence-electron chi connectivity index (χ2n) is 2.40. The van der Waals surface area contributed by atoms with E-state index in [1.54, 1.807) is 0 Å². The third-order valence-corrected chi connectivity index (χ3v) is 2.58. The summed E-state index contributed by atoms with van der Waals surface area (Å²) in [5.41, 5.74) is -0.831. The van der Waals surface area contributed by atoms with Crippen molar-refractivity contribution in [3.63, 3.8) is 0 Å². The molecule has 0 aliphatic heterocycles. The molecule has 0 aromatic heterocycles. The van der Waals surface area contributed by atoms with E-state index in [0.29, 0.717) is 6.42 Å². The molecule has 0 aliphatic carbocycles. The largest absolute Gasteiger partial charge is 0.364 e. The van der Waals surface area contributed by atoms with Crippen LogP contribution in [0.3, 0.4) is 0 Å². The molecule has 0 saturated heterocycles. The number of ether oxygens (including phenoxy) is 1. The van der Waals surface area contributed by atoms with Crippen molar-refractivity contribution >= 4 is 10.0 Å². The second kappa shape index (κ2) is 4.69. The highest BCUT2D eigenvalue weighted by molar-refractivity contribution is 7.89. The van der Waals surface area contributed by atoms with Crippen LogP contribution in [0.25, 0.3) is 0 Å². The van der Waals surface area contributed by atoms with Gasteiger partial charge in [0.2, 0.25) is 10.0 Å². The fourth-order valence-electron chi connectivity index (χ4n) is 0.787. The number of unbranched alkanes of at least 4 members (excludes halogenated alkanes) is 1. The highest BCUT2D eigenvalue weighted by Gasteiger charge is 2.19. The standard InChI is InChI=1S/C6H15NO3S/c1-3-4-5-6(10-2)11(7,8)9/h6H,3-5H2,1-2H3,(H2,7,8,9). The summed E-state index contributed by atoms with van der Waals surface area (Å²) < 4.78 is 26.1. The molecule has 0 radical (unpaired) electrons. The molecule has 5 heteroatoms. The highest BCUT2D eigenvalue weighted by Crippen LogP contribution is 2.07. The van der Waals surface area contributed by atoms with Crippen LogP contribution in [0.5, 0.6) is 0 Å². The van der Waals surface area contributed by atoms with Crippen LogP contribution in [-0.4, -0.2) is 21.0 Å². The van der Waals surface area contributed by atoms with E-state index < -0.39 is 15.5 Å². The number of rotatable bonds is 5. The Morgan fingerprint density at radius 2 is 2.09 bits per heavy atom. The first-order chi connectivity index (χ1) is 5.02. The van der Waals surface area contributed by atoms with Crippen LogP contribution >= 0.6 is 0 Å². The van der Waals surface area contributed by atoms with E-state index in [1.807, 2.05) is 6.92 Å². The van der Waals surface area contributed by atoms with E-state index in [4.69, 9.17) is 9.88 Å². The number of hydrogen-bond acceptors (Lipinski definition) is 3. The summed E-state index contributed by atoms with van der Waals surface area (Å²) in [6, 6.07) is 0. The van der Waals surface area contributed by atoms with E-state index in [9.17, 15) is 8.42 Å². The summed E-state index contributed by atoms with van der Waals surface area (Å²) in [4.78, 5) is 0. The first-order valence-electron chi connectivity index (χ1n) is 3.56. The zero-order valence-electron chi connectivity index (χ0n) is 6.91. The lowest BCUT2D eigenvalue weighted by atomic mass is 10.3. The molecule has 0 spiro atoms. The van der Waals surface area contributed by atoms with Gasteiger partial charge < -0.3 is 4.74 Å². The molecule has 0 amide bonds. The van der Waals surface area contributed by atoms with Crippen LogP contribution in [0.4, 0.5) is 0 Å². The zero-order chi connectivity index (χ0) is 8.91. The molecule has 1 atom stereocenters. The van der Waals surface area contributed by atoms with E-state index in [1.165, 1.54) is 7.11 Å². The lowest BCUT2D eigenvalue weighted by molar-refractivity contribution is 0.154. The predicted octanol–water partition coefficient (Wildman–Crippen LogP) is 0.438. The number of sulfonamides is 1. The van der Waals surface area contributed by atoms with E-state index in [0.717, 1.165) is 12.8 Å². The molecule has 0 rings (SSSR count). The van der Waals surface area contributed by atoms with Gasteiger partial charge in [-0.25, -0.2) is 13.6 Å². The predicted molar refractivity (Wildman–Crippen MR) is 43.4 cm³/mol. The molecule has 68 valence electrons. The molecule has 2 N–H and O–H groups in total.